The zero-order chi connectivity index (χ0) is 13.9. The summed E-state index contributed by atoms with van der Waals surface area (Å²) in [5, 5.41) is 7.78. The normalized spacial score (nSPS) is 38.1. The molecular formula is C15H20N4O. The Balaban J connectivity index is 1.78. The minimum Gasteiger partial charge on any atom is -0.382 e. The van der Waals surface area contributed by atoms with Crippen LogP contribution < -0.4 is 11.5 Å². The van der Waals surface area contributed by atoms with Gasteiger partial charge in [0.2, 0.25) is 0 Å². The van der Waals surface area contributed by atoms with Gasteiger partial charge in [-0.15, -0.1) is 5.10 Å². The maximum Gasteiger partial charge on any atom is 0.252 e. The van der Waals surface area contributed by atoms with Gasteiger partial charge in [0, 0.05) is 0 Å². The molecule has 5 nitrogen and oxygen atoms in total. The first kappa shape index (κ1) is 12.1. The van der Waals surface area contributed by atoms with E-state index in [9.17, 15) is 4.79 Å². The van der Waals surface area contributed by atoms with Crippen molar-refractivity contribution in [2.45, 2.75) is 38.0 Å². The lowest BCUT2D eigenvalue weighted by Crippen LogP contribution is -2.44. The number of carbonyl (C=O) groups excluding carboxylic acids is 1. The molecule has 0 radical (unpaired) electrons. The fourth-order valence-corrected chi connectivity index (χ4v) is 5.37. The highest BCUT2D eigenvalue weighted by atomic mass is 16.1. The highest BCUT2D eigenvalue weighted by Crippen LogP contribution is 2.60. The standard InChI is InChI=1S/C15H20N4O/c16-14-13(15(17)20)11(6-18-19-14)12-9-2-7-1-8(4-9)5-10(12)3-7/h6-10,12H,1-5H2,(H2,16,19)(H2,17,20). The number of carbonyl (C=O) groups is 1. The lowest BCUT2D eigenvalue weighted by Gasteiger charge is -2.54. The second-order valence-electron chi connectivity index (χ2n) is 6.88. The van der Waals surface area contributed by atoms with Crippen LogP contribution in [0.1, 0.15) is 53.9 Å². The Morgan fingerprint density at radius 2 is 1.70 bits per heavy atom. The second kappa shape index (κ2) is 4.17. The van der Waals surface area contributed by atoms with Crippen molar-refractivity contribution in [1.82, 2.24) is 10.2 Å². The van der Waals surface area contributed by atoms with Crippen LogP contribution in [0.25, 0.3) is 0 Å². The molecule has 1 heterocycles. The van der Waals surface area contributed by atoms with Gasteiger partial charge in [-0.2, -0.15) is 5.10 Å². The number of aromatic nitrogens is 2. The maximum atomic E-state index is 11.8. The van der Waals surface area contributed by atoms with Crippen molar-refractivity contribution in [3.8, 4) is 0 Å². The van der Waals surface area contributed by atoms with Crippen LogP contribution in [0.5, 0.6) is 0 Å². The van der Waals surface area contributed by atoms with Crippen LogP contribution in [0.15, 0.2) is 6.20 Å². The van der Waals surface area contributed by atoms with Crippen LogP contribution in [0.4, 0.5) is 5.82 Å². The molecule has 0 aliphatic heterocycles. The summed E-state index contributed by atoms with van der Waals surface area (Å²) in [6.07, 6.45) is 8.30. The number of amides is 1. The molecule has 5 rings (SSSR count). The molecule has 4 saturated carbocycles. The molecule has 1 amide bonds. The van der Waals surface area contributed by atoms with Crippen LogP contribution >= 0.6 is 0 Å². The Labute approximate surface area is 118 Å². The molecule has 4 N–H and O–H groups in total. The first-order valence-electron chi connectivity index (χ1n) is 7.54. The van der Waals surface area contributed by atoms with Crippen molar-refractivity contribution in [3.05, 3.63) is 17.3 Å². The van der Waals surface area contributed by atoms with Crippen LogP contribution in [0, 0.1) is 23.7 Å². The summed E-state index contributed by atoms with van der Waals surface area (Å²) < 4.78 is 0. The Morgan fingerprint density at radius 1 is 1.10 bits per heavy atom. The number of rotatable bonds is 2. The van der Waals surface area contributed by atoms with Gasteiger partial charge in [-0.3, -0.25) is 4.79 Å². The molecule has 5 heteroatoms. The van der Waals surface area contributed by atoms with E-state index in [0.29, 0.717) is 23.3 Å². The fraction of sp³-hybridized carbons (Fsp3) is 0.667. The van der Waals surface area contributed by atoms with Crippen molar-refractivity contribution >= 4 is 11.7 Å². The van der Waals surface area contributed by atoms with Crippen LogP contribution in [0.2, 0.25) is 0 Å². The minimum absolute atomic E-state index is 0.184. The third kappa shape index (κ3) is 1.65. The third-order valence-corrected chi connectivity index (χ3v) is 5.74. The lowest BCUT2D eigenvalue weighted by molar-refractivity contribution is -0.00310. The summed E-state index contributed by atoms with van der Waals surface area (Å²) in [7, 11) is 0. The van der Waals surface area contributed by atoms with Crippen molar-refractivity contribution in [3.63, 3.8) is 0 Å². The molecule has 0 spiro atoms. The molecule has 1 aromatic rings. The summed E-state index contributed by atoms with van der Waals surface area (Å²) in [6, 6.07) is 0. The SMILES string of the molecule is NC(=O)c1c(C2C3CC4CC(C3)CC2C4)cnnc1N. The Bertz CT molecular complexity index is 543. The summed E-state index contributed by atoms with van der Waals surface area (Å²) in [4.78, 5) is 11.8. The average Bonchev–Trinajstić information content (AvgIpc) is 2.36. The van der Waals surface area contributed by atoms with Gasteiger partial charge in [-0.1, -0.05) is 0 Å². The first-order chi connectivity index (χ1) is 9.63. The van der Waals surface area contributed by atoms with Gasteiger partial charge in [0.25, 0.3) is 5.91 Å². The van der Waals surface area contributed by atoms with E-state index < -0.39 is 5.91 Å². The highest BCUT2D eigenvalue weighted by Gasteiger charge is 2.49. The molecule has 20 heavy (non-hydrogen) atoms. The van der Waals surface area contributed by atoms with E-state index in [4.69, 9.17) is 11.5 Å². The van der Waals surface area contributed by atoms with Gasteiger partial charge in [0.1, 0.15) is 0 Å². The molecule has 0 aromatic carbocycles. The lowest BCUT2D eigenvalue weighted by atomic mass is 9.50. The first-order valence-corrected chi connectivity index (χ1v) is 7.54. The maximum absolute atomic E-state index is 11.8. The van der Waals surface area contributed by atoms with Gasteiger partial charge in [-0.05, 0) is 67.3 Å². The Morgan fingerprint density at radius 3 is 2.25 bits per heavy atom. The predicted octanol–water partition coefficient (Wildman–Crippen LogP) is 1.70. The van der Waals surface area contributed by atoms with E-state index in [1.54, 1.807) is 6.20 Å². The van der Waals surface area contributed by atoms with Crippen LogP contribution in [-0.4, -0.2) is 16.1 Å². The zero-order valence-electron chi connectivity index (χ0n) is 11.5. The molecule has 0 unspecified atom stereocenters. The molecule has 0 atom stereocenters. The van der Waals surface area contributed by atoms with Gasteiger partial charge in [-0.25, -0.2) is 0 Å². The van der Waals surface area contributed by atoms with E-state index in [0.717, 1.165) is 17.4 Å². The van der Waals surface area contributed by atoms with Crippen molar-refractivity contribution < 1.29 is 4.79 Å². The number of primary amides is 1. The van der Waals surface area contributed by atoms with E-state index in [2.05, 4.69) is 10.2 Å². The summed E-state index contributed by atoms with van der Waals surface area (Å²) >= 11 is 0. The Hall–Kier alpha value is -1.65. The van der Waals surface area contributed by atoms with Gasteiger partial charge in [0.15, 0.2) is 5.82 Å². The smallest absolute Gasteiger partial charge is 0.252 e. The molecular weight excluding hydrogens is 252 g/mol. The van der Waals surface area contributed by atoms with Gasteiger partial charge >= 0.3 is 0 Å². The van der Waals surface area contributed by atoms with Crippen molar-refractivity contribution in [2.24, 2.45) is 29.4 Å². The second-order valence-corrected chi connectivity index (χ2v) is 6.88. The number of nitrogen functional groups attached to an aromatic ring is 1. The van der Waals surface area contributed by atoms with E-state index >= 15 is 0 Å². The van der Waals surface area contributed by atoms with Crippen molar-refractivity contribution in [2.75, 3.05) is 5.73 Å². The zero-order valence-corrected chi connectivity index (χ0v) is 11.5. The molecule has 0 saturated heterocycles. The quantitative estimate of drug-likeness (QED) is 0.856. The number of nitrogens with zero attached hydrogens (tertiary/aromatic N) is 2. The largest absolute Gasteiger partial charge is 0.382 e. The monoisotopic (exact) mass is 272 g/mol. The van der Waals surface area contributed by atoms with E-state index in [1.165, 1.54) is 32.1 Å². The number of anilines is 1. The highest BCUT2D eigenvalue weighted by molar-refractivity contribution is 5.98. The van der Waals surface area contributed by atoms with E-state index in [1.807, 2.05) is 0 Å². The minimum atomic E-state index is -0.471. The third-order valence-electron chi connectivity index (χ3n) is 5.74. The molecule has 4 aliphatic carbocycles. The number of hydrogen-bond donors (Lipinski definition) is 2. The topological polar surface area (TPSA) is 94.9 Å². The van der Waals surface area contributed by atoms with Crippen LogP contribution in [-0.2, 0) is 0 Å². The summed E-state index contributed by atoms with van der Waals surface area (Å²) in [5.41, 5.74) is 12.7. The van der Waals surface area contributed by atoms with Crippen molar-refractivity contribution in [1.29, 1.82) is 0 Å². The summed E-state index contributed by atoms with van der Waals surface area (Å²) in [5.74, 6) is 3.27. The number of hydrogen-bond acceptors (Lipinski definition) is 4. The number of nitrogens with two attached hydrogens (primary N) is 2. The van der Waals surface area contributed by atoms with Gasteiger partial charge < -0.3 is 11.5 Å². The van der Waals surface area contributed by atoms with Gasteiger partial charge in [0.05, 0.1) is 11.8 Å². The molecule has 4 bridgehead atoms. The van der Waals surface area contributed by atoms with Crippen LogP contribution in [0.3, 0.4) is 0 Å². The molecule has 106 valence electrons. The molecule has 4 aliphatic rings. The fourth-order valence-electron chi connectivity index (χ4n) is 5.37. The Kier molecular flexibility index (Phi) is 2.53. The van der Waals surface area contributed by atoms with E-state index in [-0.39, 0.29) is 5.82 Å². The average molecular weight is 272 g/mol. The molecule has 4 fully saturated rings. The molecule has 1 aromatic heterocycles. The summed E-state index contributed by atoms with van der Waals surface area (Å²) in [6.45, 7) is 0. The predicted molar refractivity (Wildman–Crippen MR) is 74.7 cm³/mol.